The van der Waals surface area contributed by atoms with Crippen LogP contribution in [0.5, 0.6) is 0 Å². The fourth-order valence-corrected chi connectivity index (χ4v) is 1.65. The summed E-state index contributed by atoms with van der Waals surface area (Å²) in [6.07, 6.45) is 5.62. The van der Waals surface area contributed by atoms with Gasteiger partial charge < -0.3 is 10.1 Å². The molecule has 0 unspecified atom stereocenters. The molecule has 0 fully saturated rings. The van der Waals surface area contributed by atoms with Gasteiger partial charge in [0.15, 0.2) is 0 Å². The molecule has 0 aromatic carbocycles. The zero-order valence-electron chi connectivity index (χ0n) is 11.3. The summed E-state index contributed by atoms with van der Waals surface area (Å²) < 4.78 is 7.01. The van der Waals surface area contributed by atoms with Gasteiger partial charge in [0.05, 0.1) is 5.69 Å². The molecule has 4 heteroatoms. The average molecular weight is 239 g/mol. The Morgan fingerprint density at radius 2 is 2.18 bits per heavy atom. The average Bonchev–Trinajstić information content (AvgIpc) is 2.77. The third-order valence-corrected chi connectivity index (χ3v) is 2.70. The predicted molar refractivity (Wildman–Crippen MR) is 70.0 cm³/mol. The highest BCUT2D eigenvalue weighted by Gasteiger charge is 2.00. The molecule has 0 bridgehead atoms. The lowest BCUT2D eigenvalue weighted by atomic mass is 10.2. The summed E-state index contributed by atoms with van der Waals surface area (Å²) in [4.78, 5) is 0. The molecule has 1 aromatic rings. The number of nitrogens with one attached hydrogen (secondary N) is 1. The van der Waals surface area contributed by atoms with Crippen LogP contribution in [0.3, 0.4) is 0 Å². The lowest BCUT2D eigenvalue weighted by Crippen LogP contribution is -2.15. The maximum absolute atomic E-state index is 5.01. The van der Waals surface area contributed by atoms with Gasteiger partial charge in [-0.2, -0.15) is 5.10 Å². The molecular formula is C13H25N3O. The van der Waals surface area contributed by atoms with E-state index in [0.29, 0.717) is 6.04 Å². The molecule has 0 spiro atoms. The number of methoxy groups -OCH3 is 1. The molecule has 0 aliphatic rings. The quantitative estimate of drug-likeness (QED) is 0.672. The van der Waals surface area contributed by atoms with Crippen LogP contribution in [0, 0.1) is 0 Å². The topological polar surface area (TPSA) is 39.1 Å². The summed E-state index contributed by atoms with van der Waals surface area (Å²) in [5, 5.41) is 7.91. The van der Waals surface area contributed by atoms with Crippen molar-refractivity contribution in [1.29, 1.82) is 0 Å². The normalized spacial score (nSPS) is 11.3. The van der Waals surface area contributed by atoms with E-state index in [1.807, 2.05) is 10.9 Å². The first-order valence-corrected chi connectivity index (χ1v) is 6.47. The van der Waals surface area contributed by atoms with E-state index in [1.54, 1.807) is 7.11 Å². The monoisotopic (exact) mass is 239 g/mol. The van der Waals surface area contributed by atoms with Crippen molar-refractivity contribution in [3.8, 4) is 0 Å². The zero-order valence-corrected chi connectivity index (χ0v) is 11.3. The van der Waals surface area contributed by atoms with Crippen molar-refractivity contribution in [3.05, 3.63) is 18.0 Å². The van der Waals surface area contributed by atoms with Crippen LogP contribution in [0.4, 0.5) is 0 Å². The Labute approximate surface area is 104 Å². The van der Waals surface area contributed by atoms with Gasteiger partial charge in [-0.1, -0.05) is 0 Å². The number of nitrogens with zero attached hydrogens (tertiary/aromatic N) is 2. The summed E-state index contributed by atoms with van der Waals surface area (Å²) in [5.41, 5.74) is 1.12. The Kier molecular flexibility index (Phi) is 6.89. The molecule has 17 heavy (non-hydrogen) atoms. The lowest BCUT2D eigenvalue weighted by molar-refractivity contribution is 0.192. The van der Waals surface area contributed by atoms with Crippen LogP contribution in [0.1, 0.15) is 44.8 Å². The summed E-state index contributed by atoms with van der Waals surface area (Å²) >= 11 is 0. The molecule has 0 saturated carbocycles. The molecule has 0 aliphatic carbocycles. The molecule has 0 saturated heterocycles. The number of ether oxygens (including phenoxy) is 1. The molecule has 1 heterocycles. The molecule has 1 aromatic heterocycles. The van der Waals surface area contributed by atoms with Gasteiger partial charge in [0, 0.05) is 32.5 Å². The number of hydrogen-bond acceptors (Lipinski definition) is 3. The van der Waals surface area contributed by atoms with Crippen molar-refractivity contribution >= 4 is 0 Å². The minimum Gasteiger partial charge on any atom is -0.385 e. The Morgan fingerprint density at radius 1 is 1.35 bits per heavy atom. The van der Waals surface area contributed by atoms with Crippen LogP contribution >= 0.6 is 0 Å². The van der Waals surface area contributed by atoms with Crippen molar-refractivity contribution in [2.45, 2.75) is 45.7 Å². The first kappa shape index (κ1) is 14.2. The molecule has 1 rings (SSSR count). The van der Waals surface area contributed by atoms with Crippen LogP contribution in [0.2, 0.25) is 0 Å². The van der Waals surface area contributed by atoms with E-state index >= 15 is 0 Å². The largest absolute Gasteiger partial charge is 0.385 e. The highest BCUT2D eigenvalue weighted by molar-refractivity contribution is 4.98. The summed E-state index contributed by atoms with van der Waals surface area (Å²) in [6.45, 7) is 7.07. The van der Waals surface area contributed by atoms with Gasteiger partial charge in [0.2, 0.25) is 0 Å². The van der Waals surface area contributed by atoms with Crippen LogP contribution in [-0.2, 0) is 11.3 Å². The van der Waals surface area contributed by atoms with E-state index in [1.165, 1.54) is 12.8 Å². The summed E-state index contributed by atoms with van der Waals surface area (Å²) in [7, 11) is 1.75. The minimum atomic E-state index is 0.442. The molecule has 0 amide bonds. The van der Waals surface area contributed by atoms with Crippen molar-refractivity contribution in [2.24, 2.45) is 0 Å². The van der Waals surface area contributed by atoms with Crippen molar-refractivity contribution in [1.82, 2.24) is 15.1 Å². The Hall–Kier alpha value is -0.870. The second-order valence-electron chi connectivity index (χ2n) is 4.61. The Balaban J connectivity index is 2.05. The summed E-state index contributed by atoms with van der Waals surface area (Å²) in [6, 6.07) is 2.52. The molecule has 1 N–H and O–H groups in total. The second-order valence-corrected chi connectivity index (χ2v) is 4.61. The fourth-order valence-electron chi connectivity index (χ4n) is 1.65. The molecule has 0 aliphatic heterocycles. The van der Waals surface area contributed by atoms with E-state index in [4.69, 9.17) is 4.74 Å². The van der Waals surface area contributed by atoms with Gasteiger partial charge in [-0.3, -0.25) is 4.68 Å². The van der Waals surface area contributed by atoms with E-state index in [-0.39, 0.29) is 0 Å². The smallest absolute Gasteiger partial charge is 0.0762 e. The Bertz CT molecular complexity index is 297. The van der Waals surface area contributed by atoms with Gasteiger partial charge in [0.25, 0.3) is 0 Å². The number of rotatable bonds is 9. The standard InChI is InChI=1S/C13H25N3O/c1-12(2)16-9-7-13(15-16)11-14-8-5-4-6-10-17-3/h7,9,12,14H,4-6,8,10-11H2,1-3H3. The summed E-state index contributed by atoms with van der Waals surface area (Å²) in [5.74, 6) is 0. The van der Waals surface area contributed by atoms with E-state index in [2.05, 4.69) is 30.3 Å². The fraction of sp³-hybridized carbons (Fsp3) is 0.769. The highest BCUT2D eigenvalue weighted by atomic mass is 16.5. The predicted octanol–water partition coefficient (Wildman–Crippen LogP) is 2.37. The molecular weight excluding hydrogens is 214 g/mol. The first-order chi connectivity index (χ1) is 8.24. The van der Waals surface area contributed by atoms with E-state index in [0.717, 1.165) is 31.8 Å². The first-order valence-electron chi connectivity index (χ1n) is 6.47. The zero-order chi connectivity index (χ0) is 12.5. The lowest BCUT2D eigenvalue weighted by Gasteiger charge is -2.05. The highest BCUT2D eigenvalue weighted by Crippen LogP contribution is 2.03. The third kappa shape index (κ3) is 5.84. The second kappa shape index (κ2) is 8.25. The third-order valence-electron chi connectivity index (χ3n) is 2.70. The SMILES string of the molecule is COCCCCCNCc1ccn(C(C)C)n1. The van der Waals surface area contributed by atoms with Crippen LogP contribution in [0.25, 0.3) is 0 Å². The van der Waals surface area contributed by atoms with E-state index < -0.39 is 0 Å². The van der Waals surface area contributed by atoms with Crippen molar-refractivity contribution < 1.29 is 4.74 Å². The van der Waals surface area contributed by atoms with Crippen LogP contribution in [-0.4, -0.2) is 30.0 Å². The van der Waals surface area contributed by atoms with Gasteiger partial charge in [-0.15, -0.1) is 0 Å². The van der Waals surface area contributed by atoms with Crippen molar-refractivity contribution in [2.75, 3.05) is 20.3 Å². The molecule has 0 atom stereocenters. The van der Waals surface area contributed by atoms with Crippen LogP contribution < -0.4 is 5.32 Å². The van der Waals surface area contributed by atoms with Crippen molar-refractivity contribution in [3.63, 3.8) is 0 Å². The van der Waals surface area contributed by atoms with Crippen LogP contribution in [0.15, 0.2) is 12.3 Å². The molecule has 0 radical (unpaired) electrons. The number of hydrogen-bond donors (Lipinski definition) is 1. The number of aromatic nitrogens is 2. The number of unbranched alkanes of at least 4 members (excludes halogenated alkanes) is 2. The Morgan fingerprint density at radius 3 is 2.82 bits per heavy atom. The van der Waals surface area contributed by atoms with E-state index in [9.17, 15) is 0 Å². The minimum absolute atomic E-state index is 0.442. The van der Waals surface area contributed by atoms with Gasteiger partial charge in [-0.05, 0) is 45.7 Å². The molecule has 98 valence electrons. The van der Waals surface area contributed by atoms with Gasteiger partial charge in [-0.25, -0.2) is 0 Å². The molecule has 4 nitrogen and oxygen atoms in total. The maximum Gasteiger partial charge on any atom is 0.0762 e. The maximum atomic E-state index is 5.01. The van der Waals surface area contributed by atoms with Gasteiger partial charge in [0.1, 0.15) is 0 Å². The van der Waals surface area contributed by atoms with Gasteiger partial charge >= 0.3 is 0 Å².